The van der Waals surface area contributed by atoms with Crippen LogP contribution in [-0.4, -0.2) is 22.1 Å². The molecule has 0 spiro atoms. The molecule has 1 heterocycles. The topological polar surface area (TPSA) is 29.9 Å². The van der Waals surface area contributed by atoms with E-state index in [4.69, 9.17) is 4.98 Å². The maximum atomic E-state index is 4.81. The summed E-state index contributed by atoms with van der Waals surface area (Å²) in [6.07, 6.45) is 2.18. The first kappa shape index (κ1) is 15.0. The van der Waals surface area contributed by atoms with Gasteiger partial charge in [-0.25, -0.2) is 4.98 Å². The van der Waals surface area contributed by atoms with Crippen molar-refractivity contribution in [2.45, 2.75) is 53.1 Å². The van der Waals surface area contributed by atoms with Crippen LogP contribution in [0.1, 0.15) is 39.9 Å². The lowest BCUT2D eigenvalue weighted by Gasteiger charge is -2.23. The Labute approximate surface area is 122 Å². The second kappa shape index (κ2) is 6.89. The van der Waals surface area contributed by atoms with Crippen LogP contribution in [0.4, 0.5) is 0 Å². The summed E-state index contributed by atoms with van der Waals surface area (Å²) in [5.41, 5.74) is 2.38. The van der Waals surface area contributed by atoms with Crippen LogP contribution >= 0.6 is 0 Å². The SMILES string of the molecule is CCCc1nc2ccccc2n1CC(NCC)C(C)C. The van der Waals surface area contributed by atoms with Gasteiger partial charge in [0.05, 0.1) is 11.0 Å². The highest BCUT2D eigenvalue weighted by Gasteiger charge is 2.17. The van der Waals surface area contributed by atoms with Gasteiger partial charge in [0.15, 0.2) is 0 Å². The zero-order valence-electron chi connectivity index (χ0n) is 13.2. The van der Waals surface area contributed by atoms with E-state index in [9.17, 15) is 0 Å². The van der Waals surface area contributed by atoms with Gasteiger partial charge in [0.1, 0.15) is 5.82 Å². The Hall–Kier alpha value is -1.35. The van der Waals surface area contributed by atoms with Crippen molar-refractivity contribution in [3.63, 3.8) is 0 Å². The van der Waals surface area contributed by atoms with Gasteiger partial charge in [-0.15, -0.1) is 0 Å². The molecule has 1 unspecified atom stereocenters. The van der Waals surface area contributed by atoms with Gasteiger partial charge in [0.25, 0.3) is 0 Å². The Morgan fingerprint density at radius 1 is 1.20 bits per heavy atom. The van der Waals surface area contributed by atoms with Gasteiger partial charge in [-0.05, 0) is 31.0 Å². The van der Waals surface area contributed by atoms with Crippen LogP contribution in [-0.2, 0) is 13.0 Å². The van der Waals surface area contributed by atoms with Crippen LogP contribution in [0.15, 0.2) is 24.3 Å². The first-order valence-electron chi connectivity index (χ1n) is 7.84. The molecule has 110 valence electrons. The molecule has 1 aromatic heterocycles. The van der Waals surface area contributed by atoms with Gasteiger partial charge in [-0.3, -0.25) is 0 Å². The molecule has 20 heavy (non-hydrogen) atoms. The van der Waals surface area contributed by atoms with Gasteiger partial charge >= 0.3 is 0 Å². The van der Waals surface area contributed by atoms with Crippen molar-refractivity contribution in [1.29, 1.82) is 0 Å². The fraction of sp³-hybridized carbons (Fsp3) is 0.588. The highest BCUT2D eigenvalue weighted by Crippen LogP contribution is 2.19. The molecule has 2 rings (SSSR count). The van der Waals surface area contributed by atoms with E-state index in [0.717, 1.165) is 31.4 Å². The lowest BCUT2D eigenvalue weighted by Crippen LogP contribution is -2.37. The van der Waals surface area contributed by atoms with Crippen molar-refractivity contribution < 1.29 is 0 Å². The molecule has 1 atom stereocenters. The molecule has 3 heteroatoms. The number of benzene rings is 1. The number of nitrogens with one attached hydrogen (secondary N) is 1. The summed E-state index contributed by atoms with van der Waals surface area (Å²) in [5, 5.41) is 3.61. The highest BCUT2D eigenvalue weighted by molar-refractivity contribution is 5.75. The molecule has 2 aromatic rings. The Balaban J connectivity index is 2.37. The molecule has 1 N–H and O–H groups in total. The Morgan fingerprint density at radius 3 is 2.60 bits per heavy atom. The third-order valence-corrected chi connectivity index (χ3v) is 3.86. The van der Waals surface area contributed by atoms with Crippen LogP contribution in [0, 0.1) is 5.92 Å². The Kier molecular flexibility index (Phi) is 5.18. The average molecular weight is 273 g/mol. The van der Waals surface area contributed by atoms with Gasteiger partial charge in [0.2, 0.25) is 0 Å². The number of hydrogen-bond donors (Lipinski definition) is 1. The summed E-state index contributed by atoms with van der Waals surface area (Å²) in [4.78, 5) is 4.81. The minimum absolute atomic E-state index is 0.494. The van der Waals surface area contributed by atoms with Crippen LogP contribution in [0.25, 0.3) is 11.0 Å². The van der Waals surface area contributed by atoms with Crippen LogP contribution in [0.3, 0.4) is 0 Å². The summed E-state index contributed by atoms with van der Waals surface area (Å²) in [6.45, 7) is 11.0. The van der Waals surface area contributed by atoms with E-state index < -0.39 is 0 Å². The van der Waals surface area contributed by atoms with Crippen LogP contribution in [0.5, 0.6) is 0 Å². The molecule has 0 amide bonds. The maximum absolute atomic E-state index is 4.81. The Bertz CT molecular complexity index is 542. The monoisotopic (exact) mass is 273 g/mol. The molecule has 0 saturated heterocycles. The number of fused-ring (bicyclic) bond motifs is 1. The molecule has 0 aliphatic carbocycles. The van der Waals surface area contributed by atoms with Crippen molar-refractivity contribution in [1.82, 2.24) is 14.9 Å². The third-order valence-electron chi connectivity index (χ3n) is 3.86. The second-order valence-corrected chi connectivity index (χ2v) is 5.79. The number of nitrogens with zero attached hydrogens (tertiary/aromatic N) is 2. The number of para-hydroxylation sites is 2. The molecule has 0 fully saturated rings. The zero-order chi connectivity index (χ0) is 14.5. The quantitative estimate of drug-likeness (QED) is 0.835. The third kappa shape index (κ3) is 3.21. The molecule has 3 nitrogen and oxygen atoms in total. The van der Waals surface area contributed by atoms with Crippen molar-refractivity contribution in [2.75, 3.05) is 6.54 Å². The number of likely N-dealkylation sites (N-methyl/N-ethyl adjacent to an activating group) is 1. The standard InChI is InChI=1S/C17H27N3/c1-5-9-17-19-14-10-7-8-11-16(14)20(17)12-15(13(3)4)18-6-2/h7-8,10-11,13,15,18H,5-6,9,12H2,1-4H3. The molecule has 0 aliphatic rings. The maximum Gasteiger partial charge on any atom is 0.109 e. The van der Waals surface area contributed by atoms with Gasteiger partial charge in [-0.2, -0.15) is 0 Å². The van der Waals surface area contributed by atoms with Crippen molar-refractivity contribution in [3.8, 4) is 0 Å². The minimum Gasteiger partial charge on any atom is -0.326 e. The summed E-state index contributed by atoms with van der Waals surface area (Å²) < 4.78 is 2.41. The van der Waals surface area contributed by atoms with Crippen molar-refractivity contribution in [2.24, 2.45) is 5.92 Å². The molecule has 0 radical (unpaired) electrons. The second-order valence-electron chi connectivity index (χ2n) is 5.79. The van der Waals surface area contributed by atoms with E-state index in [1.54, 1.807) is 0 Å². The van der Waals surface area contributed by atoms with Gasteiger partial charge in [0, 0.05) is 19.0 Å². The normalized spacial score (nSPS) is 13.2. The van der Waals surface area contributed by atoms with Gasteiger partial charge in [-0.1, -0.05) is 39.8 Å². The number of imidazole rings is 1. The van der Waals surface area contributed by atoms with E-state index >= 15 is 0 Å². The summed E-state index contributed by atoms with van der Waals surface area (Å²) in [5.74, 6) is 1.84. The zero-order valence-corrected chi connectivity index (χ0v) is 13.2. The van der Waals surface area contributed by atoms with E-state index in [1.165, 1.54) is 11.3 Å². The first-order valence-corrected chi connectivity index (χ1v) is 7.84. The van der Waals surface area contributed by atoms with Crippen molar-refractivity contribution in [3.05, 3.63) is 30.1 Å². The molecule has 0 aliphatic heterocycles. The average Bonchev–Trinajstić information content (AvgIpc) is 2.77. The summed E-state index contributed by atoms with van der Waals surface area (Å²) in [7, 11) is 0. The van der Waals surface area contributed by atoms with E-state index in [2.05, 4.69) is 61.8 Å². The number of aryl methyl sites for hydroxylation is 1. The number of aromatic nitrogens is 2. The molecular weight excluding hydrogens is 246 g/mol. The Morgan fingerprint density at radius 2 is 1.95 bits per heavy atom. The van der Waals surface area contributed by atoms with Crippen molar-refractivity contribution >= 4 is 11.0 Å². The first-order chi connectivity index (χ1) is 9.67. The predicted molar refractivity (Wildman–Crippen MR) is 86.0 cm³/mol. The fourth-order valence-electron chi connectivity index (χ4n) is 2.71. The highest BCUT2D eigenvalue weighted by atomic mass is 15.1. The minimum atomic E-state index is 0.494. The van der Waals surface area contributed by atoms with E-state index in [1.807, 2.05) is 0 Å². The lowest BCUT2D eigenvalue weighted by atomic mass is 10.0. The summed E-state index contributed by atoms with van der Waals surface area (Å²) >= 11 is 0. The largest absolute Gasteiger partial charge is 0.326 e. The van der Waals surface area contributed by atoms with E-state index in [-0.39, 0.29) is 0 Å². The van der Waals surface area contributed by atoms with E-state index in [0.29, 0.717) is 12.0 Å². The van der Waals surface area contributed by atoms with Gasteiger partial charge < -0.3 is 9.88 Å². The van der Waals surface area contributed by atoms with Crippen LogP contribution < -0.4 is 5.32 Å². The number of rotatable bonds is 7. The smallest absolute Gasteiger partial charge is 0.109 e. The summed E-state index contributed by atoms with van der Waals surface area (Å²) in [6, 6.07) is 8.97. The molecule has 0 bridgehead atoms. The lowest BCUT2D eigenvalue weighted by molar-refractivity contribution is 0.361. The molecular formula is C17H27N3. The van der Waals surface area contributed by atoms with Crippen LogP contribution in [0.2, 0.25) is 0 Å². The molecule has 1 aromatic carbocycles. The number of hydrogen-bond acceptors (Lipinski definition) is 2. The fourth-order valence-corrected chi connectivity index (χ4v) is 2.71. The predicted octanol–water partition coefficient (Wildman–Crippen LogP) is 3.62. The molecule has 0 saturated carbocycles.